The van der Waals surface area contributed by atoms with Gasteiger partial charge in [0.15, 0.2) is 0 Å². The van der Waals surface area contributed by atoms with E-state index in [1.54, 1.807) is 4.90 Å². The van der Waals surface area contributed by atoms with E-state index in [0.717, 1.165) is 23.2 Å². The summed E-state index contributed by atoms with van der Waals surface area (Å²) < 4.78 is 28.5. The van der Waals surface area contributed by atoms with E-state index in [1.165, 1.54) is 5.56 Å². The number of hydrogen-bond acceptors (Lipinski definition) is 3. The van der Waals surface area contributed by atoms with Crippen LogP contribution in [0.3, 0.4) is 0 Å². The minimum atomic E-state index is -1.70. The number of halogens is 3. The van der Waals surface area contributed by atoms with Crippen molar-refractivity contribution in [2.45, 2.75) is 6.54 Å². The molecule has 9 heteroatoms. The molecule has 0 bridgehead atoms. The minimum absolute atomic E-state index is 0.123. The number of benzene rings is 2. The molecule has 1 heterocycles. The molecule has 3 rings (SSSR count). The number of carbonyl (C=O) groups excluding carboxylic acids is 1. The fourth-order valence-electron chi connectivity index (χ4n) is 3.01. The van der Waals surface area contributed by atoms with Crippen LogP contribution in [0.4, 0.5) is 19.3 Å². The van der Waals surface area contributed by atoms with Gasteiger partial charge in [-0.15, -0.1) is 0 Å². The smallest absolute Gasteiger partial charge is 0.341 e. The summed E-state index contributed by atoms with van der Waals surface area (Å²) in [6, 6.07) is 9.15. The molecular weight excluding hydrogens is 436 g/mol. The third kappa shape index (κ3) is 4.85. The molecule has 1 fully saturated rings. The average Bonchev–Trinajstić information content (AvgIpc) is 2.63. The van der Waals surface area contributed by atoms with Crippen molar-refractivity contribution in [3.8, 4) is 0 Å². The summed E-state index contributed by atoms with van der Waals surface area (Å²) in [6.07, 6.45) is 0. The largest absolute Gasteiger partial charge is 0.477 e. The number of anilines is 1. The molecule has 2 aromatic rings. The molecule has 28 heavy (non-hydrogen) atoms. The molecule has 0 unspecified atom stereocenters. The Morgan fingerprint density at radius 2 is 1.61 bits per heavy atom. The molecule has 0 spiro atoms. The first-order chi connectivity index (χ1) is 13.3. The Balaban J connectivity index is 1.55. The van der Waals surface area contributed by atoms with E-state index in [4.69, 9.17) is 5.11 Å². The number of piperazine rings is 1. The molecule has 0 aromatic heterocycles. The Kier molecular flexibility index (Phi) is 6.25. The Bertz CT molecular complexity index is 861. The van der Waals surface area contributed by atoms with E-state index in [-0.39, 0.29) is 5.69 Å². The van der Waals surface area contributed by atoms with Crippen molar-refractivity contribution in [1.29, 1.82) is 0 Å². The van der Waals surface area contributed by atoms with Crippen LogP contribution in [-0.4, -0.2) is 53.1 Å². The highest BCUT2D eigenvalue weighted by Crippen LogP contribution is 2.20. The van der Waals surface area contributed by atoms with E-state index >= 15 is 0 Å². The molecule has 1 aliphatic rings. The van der Waals surface area contributed by atoms with Gasteiger partial charge >= 0.3 is 12.0 Å². The number of nitrogens with one attached hydrogen (secondary N) is 1. The number of hydrogen-bond donors (Lipinski definition) is 2. The fourth-order valence-corrected chi connectivity index (χ4v) is 3.27. The van der Waals surface area contributed by atoms with Crippen molar-refractivity contribution < 1.29 is 23.5 Å². The molecule has 148 valence electrons. The monoisotopic (exact) mass is 453 g/mol. The van der Waals surface area contributed by atoms with Crippen LogP contribution in [-0.2, 0) is 6.54 Å². The van der Waals surface area contributed by atoms with Crippen molar-refractivity contribution in [3.05, 3.63) is 63.6 Å². The number of carbonyl (C=O) groups is 2. The van der Waals surface area contributed by atoms with E-state index in [0.29, 0.717) is 26.2 Å². The molecule has 0 radical (unpaired) electrons. The number of urea groups is 1. The van der Waals surface area contributed by atoms with Crippen LogP contribution >= 0.6 is 15.9 Å². The number of nitrogens with zero attached hydrogens (tertiary/aromatic N) is 2. The van der Waals surface area contributed by atoms with Crippen molar-refractivity contribution in [3.63, 3.8) is 0 Å². The lowest BCUT2D eigenvalue weighted by atomic mass is 10.1. The van der Waals surface area contributed by atoms with E-state index in [2.05, 4.69) is 26.1 Å². The minimum Gasteiger partial charge on any atom is -0.477 e. The molecule has 2 amide bonds. The van der Waals surface area contributed by atoms with Crippen LogP contribution in [0.25, 0.3) is 0 Å². The molecule has 1 aliphatic heterocycles. The number of aromatic carboxylic acids is 1. The summed E-state index contributed by atoms with van der Waals surface area (Å²) in [5.41, 5.74) is 0.00687. The van der Waals surface area contributed by atoms with Gasteiger partial charge in [0.05, 0.1) is 0 Å². The SMILES string of the molecule is O=C(O)c1c(F)cc(NC(=O)N2CCN(Cc3ccc(Br)cc3)CC2)cc1F. The number of carboxylic acids is 1. The predicted molar refractivity (Wildman–Crippen MR) is 103 cm³/mol. The normalized spacial score (nSPS) is 14.8. The molecule has 0 atom stereocenters. The maximum Gasteiger partial charge on any atom is 0.341 e. The molecular formula is C19H18BrF2N3O3. The van der Waals surface area contributed by atoms with Crippen molar-refractivity contribution >= 4 is 33.6 Å². The van der Waals surface area contributed by atoms with Gasteiger partial charge in [0, 0.05) is 42.9 Å². The highest BCUT2D eigenvalue weighted by molar-refractivity contribution is 9.10. The van der Waals surface area contributed by atoms with Crippen molar-refractivity contribution in [2.75, 3.05) is 31.5 Å². The maximum atomic E-state index is 13.7. The van der Waals surface area contributed by atoms with Gasteiger partial charge in [-0.05, 0) is 29.8 Å². The predicted octanol–water partition coefficient (Wildman–Crippen LogP) is 3.78. The second-order valence-corrected chi connectivity index (χ2v) is 7.36. The first kappa shape index (κ1) is 20.2. The first-order valence-electron chi connectivity index (χ1n) is 8.58. The Morgan fingerprint density at radius 1 is 1.04 bits per heavy atom. The molecule has 2 aromatic carbocycles. The summed E-state index contributed by atoms with van der Waals surface area (Å²) in [6.45, 7) is 3.06. The zero-order valence-electron chi connectivity index (χ0n) is 14.8. The molecule has 0 aliphatic carbocycles. The second kappa shape index (κ2) is 8.66. The van der Waals surface area contributed by atoms with E-state index in [1.807, 2.05) is 24.3 Å². The molecule has 2 N–H and O–H groups in total. The molecule has 1 saturated heterocycles. The third-order valence-corrected chi connectivity index (χ3v) is 5.01. The van der Waals surface area contributed by atoms with Gasteiger partial charge in [0.2, 0.25) is 0 Å². The third-order valence-electron chi connectivity index (χ3n) is 4.49. The van der Waals surface area contributed by atoms with E-state index in [9.17, 15) is 18.4 Å². The van der Waals surface area contributed by atoms with Gasteiger partial charge in [-0.1, -0.05) is 28.1 Å². The first-order valence-corrected chi connectivity index (χ1v) is 9.38. The fraction of sp³-hybridized carbons (Fsp3) is 0.263. The summed E-state index contributed by atoms with van der Waals surface area (Å²) in [5.74, 6) is -4.17. The zero-order chi connectivity index (χ0) is 20.3. The quantitative estimate of drug-likeness (QED) is 0.738. The summed E-state index contributed by atoms with van der Waals surface area (Å²) >= 11 is 3.40. The van der Waals surface area contributed by atoms with Crippen molar-refractivity contribution in [1.82, 2.24) is 9.80 Å². The van der Waals surface area contributed by atoms with Gasteiger partial charge in [-0.2, -0.15) is 0 Å². The van der Waals surface area contributed by atoms with Gasteiger partial charge < -0.3 is 15.3 Å². The van der Waals surface area contributed by atoms with E-state index < -0.39 is 29.2 Å². The zero-order valence-corrected chi connectivity index (χ0v) is 16.4. The topological polar surface area (TPSA) is 72.9 Å². The molecule has 0 saturated carbocycles. The second-order valence-electron chi connectivity index (χ2n) is 6.44. The highest BCUT2D eigenvalue weighted by atomic mass is 79.9. The van der Waals surface area contributed by atoms with Crippen LogP contribution in [0.15, 0.2) is 40.9 Å². The highest BCUT2D eigenvalue weighted by Gasteiger charge is 2.23. The summed E-state index contributed by atoms with van der Waals surface area (Å²) in [7, 11) is 0. The van der Waals surface area contributed by atoms with Crippen LogP contribution < -0.4 is 5.32 Å². The van der Waals surface area contributed by atoms with Gasteiger partial charge in [0.25, 0.3) is 0 Å². The van der Waals surface area contributed by atoms with Crippen LogP contribution in [0.5, 0.6) is 0 Å². The maximum absolute atomic E-state index is 13.7. The number of amides is 2. The molecule has 6 nitrogen and oxygen atoms in total. The van der Waals surface area contributed by atoms with Crippen LogP contribution in [0.1, 0.15) is 15.9 Å². The van der Waals surface area contributed by atoms with Crippen molar-refractivity contribution in [2.24, 2.45) is 0 Å². The summed E-state index contributed by atoms with van der Waals surface area (Å²) in [5, 5.41) is 11.2. The van der Waals surface area contributed by atoms with Crippen LogP contribution in [0.2, 0.25) is 0 Å². The Labute approximate surface area is 168 Å². The Hall–Kier alpha value is -2.52. The lowest BCUT2D eigenvalue weighted by Crippen LogP contribution is -2.49. The van der Waals surface area contributed by atoms with Gasteiger partial charge in [-0.3, -0.25) is 4.90 Å². The summed E-state index contributed by atoms with van der Waals surface area (Å²) in [4.78, 5) is 26.9. The Morgan fingerprint density at radius 3 is 2.14 bits per heavy atom. The number of rotatable bonds is 4. The lowest BCUT2D eigenvalue weighted by Gasteiger charge is -2.34. The average molecular weight is 454 g/mol. The van der Waals surface area contributed by atoms with Crippen LogP contribution in [0, 0.1) is 11.6 Å². The standard InChI is InChI=1S/C19H18BrF2N3O3/c20-13-3-1-12(2-4-13)11-24-5-7-25(8-6-24)19(28)23-14-9-15(21)17(18(26)27)16(22)10-14/h1-4,9-10H,5-8,11H2,(H,23,28)(H,26,27). The lowest BCUT2D eigenvalue weighted by molar-refractivity contribution is 0.0686. The number of carboxylic acid groups (broad SMARTS) is 1. The van der Waals surface area contributed by atoms with Gasteiger partial charge in [-0.25, -0.2) is 18.4 Å². The van der Waals surface area contributed by atoms with Gasteiger partial charge in [0.1, 0.15) is 17.2 Å².